The highest BCUT2D eigenvalue weighted by atomic mass is 16.7. The standard InChI is InChI=1S/C15H23O3/c1-12(16)10-11-15(17-13-6-2-3-7-13)18-14-8-4-5-9-14/h6,8,12,15-16H,1-5,7,9-11H2. The average molecular weight is 251 g/mol. The van der Waals surface area contributed by atoms with Gasteiger partial charge >= 0.3 is 0 Å². The lowest BCUT2D eigenvalue weighted by Crippen LogP contribution is -2.18. The minimum atomic E-state index is -0.546. The van der Waals surface area contributed by atoms with Gasteiger partial charge in [0.25, 0.3) is 0 Å². The van der Waals surface area contributed by atoms with Crippen molar-refractivity contribution in [1.82, 2.24) is 0 Å². The first-order valence-corrected chi connectivity index (χ1v) is 6.96. The Bertz CT molecular complexity index is 292. The van der Waals surface area contributed by atoms with Crippen LogP contribution in [0.15, 0.2) is 23.7 Å². The Morgan fingerprint density at radius 3 is 2.00 bits per heavy atom. The van der Waals surface area contributed by atoms with Crippen molar-refractivity contribution < 1.29 is 14.6 Å². The second-order valence-electron chi connectivity index (χ2n) is 5.02. The van der Waals surface area contributed by atoms with Crippen LogP contribution in [0.25, 0.3) is 0 Å². The molecule has 1 atom stereocenters. The topological polar surface area (TPSA) is 38.7 Å². The molecule has 0 aromatic heterocycles. The third-order valence-corrected chi connectivity index (χ3v) is 3.30. The van der Waals surface area contributed by atoms with E-state index in [1.165, 1.54) is 12.8 Å². The Morgan fingerprint density at radius 1 is 1.06 bits per heavy atom. The summed E-state index contributed by atoms with van der Waals surface area (Å²) in [6.07, 6.45) is 11.3. The summed E-state index contributed by atoms with van der Waals surface area (Å²) < 4.78 is 11.8. The SMILES string of the molecule is [CH2]C(O)CCC(OC1=CCCC1)OC1=CCCC1. The summed E-state index contributed by atoms with van der Waals surface area (Å²) >= 11 is 0. The number of rotatable bonds is 7. The molecule has 2 aliphatic rings. The number of allylic oxidation sites excluding steroid dienone is 4. The molecule has 0 fully saturated rings. The van der Waals surface area contributed by atoms with E-state index in [2.05, 4.69) is 19.1 Å². The van der Waals surface area contributed by atoms with Gasteiger partial charge in [-0.25, -0.2) is 0 Å². The van der Waals surface area contributed by atoms with Crippen LogP contribution < -0.4 is 0 Å². The van der Waals surface area contributed by atoms with Gasteiger partial charge in [0.05, 0.1) is 17.6 Å². The maximum absolute atomic E-state index is 9.27. The Kier molecular flexibility index (Phi) is 5.12. The van der Waals surface area contributed by atoms with Crippen molar-refractivity contribution in [3.8, 4) is 0 Å². The minimum Gasteiger partial charge on any atom is -0.460 e. The molecule has 0 aliphatic heterocycles. The second kappa shape index (κ2) is 6.83. The normalized spacial score (nSPS) is 20.8. The Hall–Kier alpha value is -0.960. The van der Waals surface area contributed by atoms with Crippen LogP contribution in [-0.2, 0) is 9.47 Å². The third kappa shape index (κ3) is 4.37. The van der Waals surface area contributed by atoms with E-state index in [9.17, 15) is 5.11 Å². The predicted octanol–water partition coefficient (Wildman–Crippen LogP) is 3.46. The molecule has 18 heavy (non-hydrogen) atoms. The van der Waals surface area contributed by atoms with Gasteiger partial charge in [-0.2, -0.15) is 0 Å². The van der Waals surface area contributed by atoms with Crippen LogP contribution in [0.1, 0.15) is 51.4 Å². The highest BCUT2D eigenvalue weighted by Crippen LogP contribution is 2.26. The number of hydrogen-bond acceptors (Lipinski definition) is 3. The van der Waals surface area contributed by atoms with Crippen LogP contribution >= 0.6 is 0 Å². The van der Waals surface area contributed by atoms with E-state index in [4.69, 9.17) is 9.47 Å². The fraction of sp³-hybridized carbons (Fsp3) is 0.667. The molecule has 3 heteroatoms. The van der Waals surface area contributed by atoms with Crippen LogP contribution in [0.3, 0.4) is 0 Å². The lowest BCUT2D eigenvalue weighted by molar-refractivity contribution is -0.0969. The molecular weight excluding hydrogens is 228 g/mol. The number of ether oxygens (including phenoxy) is 2. The van der Waals surface area contributed by atoms with Crippen molar-refractivity contribution in [2.45, 2.75) is 63.8 Å². The molecular formula is C15H23O3. The van der Waals surface area contributed by atoms with Crippen LogP contribution in [0, 0.1) is 6.92 Å². The molecule has 0 heterocycles. The van der Waals surface area contributed by atoms with E-state index in [1.807, 2.05) is 0 Å². The lowest BCUT2D eigenvalue weighted by Gasteiger charge is -2.22. The third-order valence-electron chi connectivity index (χ3n) is 3.30. The van der Waals surface area contributed by atoms with Gasteiger partial charge in [0.1, 0.15) is 0 Å². The molecule has 1 N–H and O–H groups in total. The van der Waals surface area contributed by atoms with Gasteiger partial charge in [0.2, 0.25) is 6.29 Å². The van der Waals surface area contributed by atoms with Crippen LogP contribution in [0.2, 0.25) is 0 Å². The van der Waals surface area contributed by atoms with E-state index >= 15 is 0 Å². The van der Waals surface area contributed by atoms with E-state index in [0.717, 1.165) is 37.2 Å². The molecule has 3 nitrogen and oxygen atoms in total. The Morgan fingerprint density at radius 2 is 1.61 bits per heavy atom. The fourth-order valence-electron chi connectivity index (χ4n) is 2.30. The number of aliphatic hydroxyl groups excluding tert-OH is 1. The lowest BCUT2D eigenvalue weighted by atomic mass is 10.2. The molecule has 0 bridgehead atoms. The molecule has 0 saturated heterocycles. The highest BCUT2D eigenvalue weighted by Gasteiger charge is 2.18. The average Bonchev–Trinajstić information content (AvgIpc) is 2.98. The van der Waals surface area contributed by atoms with Crippen molar-refractivity contribution in [1.29, 1.82) is 0 Å². The van der Waals surface area contributed by atoms with Crippen molar-refractivity contribution in [2.75, 3.05) is 0 Å². The molecule has 0 saturated carbocycles. The fourth-order valence-corrected chi connectivity index (χ4v) is 2.30. The van der Waals surface area contributed by atoms with Crippen molar-refractivity contribution in [2.24, 2.45) is 0 Å². The predicted molar refractivity (Wildman–Crippen MR) is 70.4 cm³/mol. The van der Waals surface area contributed by atoms with Crippen molar-refractivity contribution in [3.05, 3.63) is 30.6 Å². The smallest absolute Gasteiger partial charge is 0.240 e. The summed E-state index contributed by atoms with van der Waals surface area (Å²) in [5.74, 6) is 2.08. The summed E-state index contributed by atoms with van der Waals surface area (Å²) in [6, 6.07) is 0. The maximum atomic E-state index is 9.27. The first-order chi connectivity index (χ1) is 8.74. The Balaban J connectivity index is 1.84. The molecule has 0 amide bonds. The summed E-state index contributed by atoms with van der Waals surface area (Å²) in [5.41, 5.74) is 0. The minimum absolute atomic E-state index is 0.268. The quantitative estimate of drug-likeness (QED) is 0.704. The van der Waals surface area contributed by atoms with Gasteiger partial charge < -0.3 is 14.6 Å². The van der Waals surface area contributed by atoms with Crippen LogP contribution in [-0.4, -0.2) is 17.5 Å². The second-order valence-corrected chi connectivity index (χ2v) is 5.02. The number of hydrogen-bond donors (Lipinski definition) is 1. The van der Waals surface area contributed by atoms with Crippen molar-refractivity contribution in [3.63, 3.8) is 0 Å². The molecule has 0 aromatic rings. The molecule has 1 radical (unpaired) electrons. The largest absolute Gasteiger partial charge is 0.460 e. The van der Waals surface area contributed by atoms with Gasteiger partial charge in [0, 0.05) is 19.3 Å². The van der Waals surface area contributed by atoms with E-state index in [0.29, 0.717) is 12.8 Å². The zero-order chi connectivity index (χ0) is 12.8. The molecule has 1 unspecified atom stereocenters. The van der Waals surface area contributed by atoms with Crippen molar-refractivity contribution >= 4 is 0 Å². The van der Waals surface area contributed by atoms with Gasteiger partial charge in [-0.15, -0.1) is 0 Å². The van der Waals surface area contributed by atoms with Gasteiger partial charge in [-0.3, -0.25) is 0 Å². The first kappa shape index (κ1) is 13.5. The summed E-state index contributed by atoms with van der Waals surface area (Å²) in [5, 5.41) is 9.27. The molecule has 0 spiro atoms. The van der Waals surface area contributed by atoms with Gasteiger partial charge in [-0.1, -0.05) is 0 Å². The zero-order valence-electron chi connectivity index (χ0n) is 10.9. The monoisotopic (exact) mass is 251 g/mol. The van der Waals surface area contributed by atoms with Gasteiger partial charge in [0.15, 0.2) is 0 Å². The Labute approximate surface area is 109 Å². The molecule has 101 valence electrons. The van der Waals surface area contributed by atoms with E-state index in [1.54, 1.807) is 0 Å². The first-order valence-electron chi connectivity index (χ1n) is 6.96. The molecule has 0 aromatic carbocycles. The van der Waals surface area contributed by atoms with E-state index < -0.39 is 6.10 Å². The summed E-state index contributed by atoms with van der Waals surface area (Å²) in [7, 11) is 0. The zero-order valence-corrected chi connectivity index (χ0v) is 10.9. The molecule has 2 rings (SSSR count). The molecule has 2 aliphatic carbocycles. The van der Waals surface area contributed by atoms with E-state index in [-0.39, 0.29) is 6.29 Å². The van der Waals surface area contributed by atoms with Crippen LogP contribution in [0.4, 0.5) is 0 Å². The van der Waals surface area contributed by atoms with Gasteiger partial charge in [-0.05, 0) is 51.2 Å². The number of aliphatic hydroxyl groups is 1. The van der Waals surface area contributed by atoms with Crippen LogP contribution in [0.5, 0.6) is 0 Å². The maximum Gasteiger partial charge on any atom is 0.240 e. The summed E-state index contributed by atoms with van der Waals surface area (Å²) in [4.78, 5) is 0. The summed E-state index contributed by atoms with van der Waals surface area (Å²) in [6.45, 7) is 3.59. The highest BCUT2D eigenvalue weighted by molar-refractivity contribution is 5.02.